The second-order valence-corrected chi connectivity index (χ2v) is 6.97. The Morgan fingerprint density at radius 1 is 1.00 bits per heavy atom. The fraction of sp³-hybridized carbons (Fsp3) is 0.211. The SMILES string of the molecule is C1=C(NNc2nc3ccccc3s2)CCN(Cc2ccccc2)C1. The minimum Gasteiger partial charge on any atom is -0.303 e. The summed E-state index contributed by atoms with van der Waals surface area (Å²) in [5.74, 6) is 0. The summed E-state index contributed by atoms with van der Waals surface area (Å²) >= 11 is 1.67. The monoisotopic (exact) mass is 336 g/mol. The van der Waals surface area contributed by atoms with Crippen molar-refractivity contribution in [3.05, 3.63) is 71.9 Å². The van der Waals surface area contributed by atoms with E-state index in [1.54, 1.807) is 11.3 Å². The van der Waals surface area contributed by atoms with Crippen molar-refractivity contribution >= 4 is 26.7 Å². The number of thiazole rings is 1. The highest BCUT2D eigenvalue weighted by molar-refractivity contribution is 7.22. The number of para-hydroxylation sites is 1. The van der Waals surface area contributed by atoms with Crippen LogP contribution in [0.3, 0.4) is 0 Å². The lowest BCUT2D eigenvalue weighted by Gasteiger charge is -2.26. The molecule has 0 saturated heterocycles. The topological polar surface area (TPSA) is 40.2 Å². The molecular formula is C19H20N4S. The molecule has 1 aliphatic heterocycles. The Bertz CT molecular complexity index is 808. The molecule has 5 heteroatoms. The average Bonchev–Trinajstić information content (AvgIpc) is 3.05. The molecule has 0 bridgehead atoms. The molecular weight excluding hydrogens is 316 g/mol. The molecule has 0 saturated carbocycles. The zero-order valence-corrected chi connectivity index (χ0v) is 14.2. The maximum absolute atomic E-state index is 4.58. The lowest BCUT2D eigenvalue weighted by Crippen LogP contribution is -2.33. The van der Waals surface area contributed by atoms with Gasteiger partial charge in [0.2, 0.25) is 5.13 Å². The first-order valence-corrected chi connectivity index (χ1v) is 9.01. The lowest BCUT2D eigenvalue weighted by molar-refractivity contribution is 0.283. The molecule has 2 aromatic carbocycles. The molecule has 0 radical (unpaired) electrons. The molecule has 122 valence electrons. The maximum Gasteiger partial charge on any atom is 0.202 e. The van der Waals surface area contributed by atoms with Gasteiger partial charge in [-0.25, -0.2) is 4.98 Å². The van der Waals surface area contributed by atoms with Crippen LogP contribution in [-0.4, -0.2) is 23.0 Å². The number of anilines is 1. The number of hydrazine groups is 1. The van der Waals surface area contributed by atoms with Gasteiger partial charge in [0.1, 0.15) is 0 Å². The van der Waals surface area contributed by atoms with Crippen molar-refractivity contribution < 1.29 is 0 Å². The Kier molecular flexibility index (Phi) is 4.44. The Morgan fingerprint density at radius 2 is 1.83 bits per heavy atom. The molecule has 1 aromatic heterocycles. The molecule has 0 fully saturated rings. The van der Waals surface area contributed by atoms with Crippen LogP contribution in [0.2, 0.25) is 0 Å². The maximum atomic E-state index is 4.58. The second-order valence-electron chi connectivity index (χ2n) is 5.94. The summed E-state index contributed by atoms with van der Waals surface area (Å²) in [5.41, 5.74) is 10.2. The molecule has 0 aliphatic carbocycles. The first-order valence-electron chi connectivity index (χ1n) is 8.20. The molecule has 4 rings (SSSR count). The van der Waals surface area contributed by atoms with E-state index in [2.05, 4.69) is 63.2 Å². The molecule has 3 aromatic rings. The van der Waals surface area contributed by atoms with Crippen molar-refractivity contribution in [3.8, 4) is 0 Å². The molecule has 0 unspecified atom stereocenters. The highest BCUT2D eigenvalue weighted by Gasteiger charge is 2.12. The summed E-state index contributed by atoms with van der Waals surface area (Å²) in [4.78, 5) is 7.03. The van der Waals surface area contributed by atoms with Crippen LogP contribution in [-0.2, 0) is 6.54 Å². The number of benzene rings is 2. The van der Waals surface area contributed by atoms with E-state index in [0.29, 0.717) is 0 Å². The van der Waals surface area contributed by atoms with E-state index in [1.165, 1.54) is 16.0 Å². The Labute approximate surface area is 145 Å². The van der Waals surface area contributed by atoms with Gasteiger partial charge in [-0.2, -0.15) is 0 Å². The van der Waals surface area contributed by atoms with Gasteiger partial charge >= 0.3 is 0 Å². The van der Waals surface area contributed by atoms with E-state index >= 15 is 0 Å². The highest BCUT2D eigenvalue weighted by atomic mass is 32.1. The molecule has 2 N–H and O–H groups in total. The van der Waals surface area contributed by atoms with Gasteiger partial charge in [0.05, 0.1) is 10.2 Å². The first kappa shape index (κ1) is 15.2. The van der Waals surface area contributed by atoms with E-state index in [0.717, 1.165) is 36.7 Å². The van der Waals surface area contributed by atoms with Crippen LogP contribution >= 0.6 is 11.3 Å². The number of hydrogen-bond donors (Lipinski definition) is 2. The molecule has 24 heavy (non-hydrogen) atoms. The molecule has 0 atom stereocenters. The minimum absolute atomic E-state index is 0.906. The summed E-state index contributed by atoms with van der Waals surface area (Å²) in [6.07, 6.45) is 3.28. The Balaban J connectivity index is 1.31. The normalized spacial score (nSPS) is 15.2. The molecule has 1 aliphatic rings. The predicted octanol–water partition coefficient (Wildman–Crippen LogP) is 4.00. The van der Waals surface area contributed by atoms with Gasteiger partial charge < -0.3 is 5.43 Å². The molecule has 2 heterocycles. The van der Waals surface area contributed by atoms with Gasteiger partial charge in [-0.3, -0.25) is 10.3 Å². The van der Waals surface area contributed by atoms with Crippen LogP contribution in [0.5, 0.6) is 0 Å². The number of hydrogen-bond acceptors (Lipinski definition) is 5. The fourth-order valence-corrected chi connectivity index (χ4v) is 3.69. The molecule has 4 nitrogen and oxygen atoms in total. The number of fused-ring (bicyclic) bond motifs is 1. The van der Waals surface area contributed by atoms with Crippen molar-refractivity contribution in [3.63, 3.8) is 0 Å². The van der Waals surface area contributed by atoms with Crippen LogP contribution in [0.4, 0.5) is 5.13 Å². The standard InChI is InChI=1S/C19H20N4S/c1-2-6-15(7-3-1)14-23-12-10-16(11-13-23)21-22-19-20-17-8-4-5-9-18(17)24-19/h1-10,21H,11-14H2,(H,20,22). The van der Waals surface area contributed by atoms with Crippen molar-refractivity contribution in [2.24, 2.45) is 0 Å². The summed E-state index contributed by atoms with van der Waals surface area (Å²) in [5, 5.41) is 0.906. The zero-order chi connectivity index (χ0) is 16.2. The van der Waals surface area contributed by atoms with E-state index in [4.69, 9.17) is 0 Å². The zero-order valence-electron chi connectivity index (χ0n) is 13.4. The predicted molar refractivity (Wildman–Crippen MR) is 101 cm³/mol. The van der Waals surface area contributed by atoms with E-state index in [-0.39, 0.29) is 0 Å². The largest absolute Gasteiger partial charge is 0.303 e. The molecule has 0 amide bonds. The Morgan fingerprint density at radius 3 is 2.62 bits per heavy atom. The third kappa shape index (κ3) is 3.58. The smallest absolute Gasteiger partial charge is 0.202 e. The quantitative estimate of drug-likeness (QED) is 0.691. The van der Waals surface area contributed by atoms with Crippen molar-refractivity contribution in [2.45, 2.75) is 13.0 Å². The first-order chi connectivity index (χ1) is 11.9. The lowest BCUT2D eigenvalue weighted by atomic mass is 10.1. The van der Waals surface area contributed by atoms with Gasteiger partial charge in [0.15, 0.2) is 0 Å². The van der Waals surface area contributed by atoms with Gasteiger partial charge in [-0.1, -0.05) is 53.8 Å². The van der Waals surface area contributed by atoms with E-state index in [9.17, 15) is 0 Å². The van der Waals surface area contributed by atoms with Gasteiger partial charge in [0, 0.05) is 31.8 Å². The fourth-order valence-electron chi connectivity index (χ4n) is 2.87. The summed E-state index contributed by atoms with van der Waals surface area (Å²) in [7, 11) is 0. The second kappa shape index (κ2) is 7.03. The third-order valence-electron chi connectivity index (χ3n) is 4.17. The van der Waals surface area contributed by atoms with E-state index in [1.807, 2.05) is 18.2 Å². The van der Waals surface area contributed by atoms with Crippen LogP contribution in [0.25, 0.3) is 10.2 Å². The average molecular weight is 336 g/mol. The van der Waals surface area contributed by atoms with Gasteiger partial charge in [-0.05, 0) is 23.8 Å². The Hall–Kier alpha value is -2.37. The van der Waals surface area contributed by atoms with Crippen molar-refractivity contribution in [1.82, 2.24) is 15.3 Å². The van der Waals surface area contributed by atoms with Gasteiger partial charge in [-0.15, -0.1) is 0 Å². The molecule has 0 spiro atoms. The number of rotatable bonds is 5. The summed E-state index contributed by atoms with van der Waals surface area (Å²) in [6, 6.07) is 18.8. The third-order valence-corrected chi connectivity index (χ3v) is 5.12. The van der Waals surface area contributed by atoms with Crippen molar-refractivity contribution in [2.75, 3.05) is 18.5 Å². The summed E-state index contributed by atoms with van der Waals surface area (Å²) < 4.78 is 1.20. The highest BCUT2D eigenvalue weighted by Crippen LogP contribution is 2.25. The minimum atomic E-state index is 0.906. The van der Waals surface area contributed by atoms with Crippen LogP contribution in [0, 0.1) is 0 Å². The van der Waals surface area contributed by atoms with Gasteiger partial charge in [0.25, 0.3) is 0 Å². The number of nitrogens with zero attached hydrogens (tertiary/aromatic N) is 2. The number of nitrogens with one attached hydrogen (secondary N) is 2. The van der Waals surface area contributed by atoms with Crippen LogP contribution in [0.1, 0.15) is 12.0 Å². The van der Waals surface area contributed by atoms with Crippen molar-refractivity contribution in [1.29, 1.82) is 0 Å². The summed E-state index contributed by atoms with van der Waals surface area (Å²) in [6.45, 7) is 3.05. The van der Waals surface area contributed by atoms with E-state index < -0.39 is 0 Å². The van der Waals surface area contributed by atoms with Crippen LogP contribution < -0.4 is 10.9 Å². The number of aromatic nitrogens is 1. The van der Waals surface area contributed by atoms with Crippen LogP contribution in [0.15, 0.2) is 66.4 Å².